The summed E-state index contributed by atoms with van der Waals surface area (Å²) < 4.78 is 10.4. The number of unbranched alkanes of at least 4 members (excludes halogenated alkanes) is 1. The molecule has 5 nitrogen and oxygen atoms in total. The molecular weight excluding hydrogens is 270 g/mol. The van der Waals surface area contributed by atoms with E-state index in [2.05, 4.69) is 19.2 Å². The number of carbonyl (C=O) groups is 1. The number of rotatable bonds is 14. The summed E-state index contributed by atoms with van der Waals surface area (Å²) in [5.41, 5.74) is 0. The molecule has 2 N–H and O–H groups in total. The highest BCUT2D eigenvalue weighted by Gasteiger charge is 2.09. The molecule has 0 aliphatic carbocycles. The molecule has 0 aromatic rings. The van der Waals surface area contributed by atoms with Gasteiger partial charge in [-0.1, -0.05) is 33.1 Å². The zero-order valence-electron chi connectivity index (χ0n) is 13.9. The fourth-order valence-electron chi connectivity index (χ4n) is 2.02. The predicted octanol–water partition coefficient (Wildman–Crippen LogP) is 2.12. The largest absolute Gasteiger partial charge is 0.466 e. The van der Waals surface area contributed by atoms with E-state index in [1.54, 1.807) is 6.92 Å². The number of nitrogens with one attached hydrogen (secondary N) is 1. The second-order valence-corrected chi connectivity index (χ2v) is 5.37. The number of hydrogen-bond donors (Lipinski definition) is 2. The normalized spacial score (nSPS) is 13.9. The first-order chi connectivity index (χ1) is 10.1. The van der Waals surface area contributed by atoms with E-state index >= 15 is 0 Å². The van der Waals surface area contributed by atoms with Crippen molar-refractivity contribution in [1.82, 2.24) is 5.32 Å². The number of esters is 1. The Bertz CT molecular complexity index is 248. The fraction of sp³-hybridized carbons (Fsp3) is 0.938. The van der Waals surface area contributed by atoms with Gasteiger partial charge in [0.2, 0.25) is 0 Å². The Hall–Kier alpha value is -0.650. The minimum atomic E-state index is -0.532. The second-order valence-electron chi connectivity index (χ2n) is 5.37. The van der Waals surface area contributed by atoms with Gasteiger partial charge in [-0.3, -0.25) is 4.79 Å². The average Bonchev–Trinajstić information content (AvgIpc) is 2.47. The molecule has 0 aromatic heterocycles. The van der Waals surface area contributed by atoms with Crippen LogP contribution < -0.4 is 5.32 Å². The van der Waals surface area contributed by atoms with E-state index < -0.39 is 6.10 Å². The molecule has 5 heteroatoms. The van der Waals surface area contributed by atoms with Gasteiger partial charge in [0.05, 0.1) is 25.7 Å². The molecule has 0 saturated carbocycles. The van der Waals surface area contributed by atoms with Crippen LogP contribution in [0.3, 0.4) is 0 Å². The third-order valence-electron chi connectivity index (χ3n) is 3.40. The Morgan fingerprint density at radius 2 is 2.00 bits per heavy atom. The monoisotopic (exact) mass is 303 g/mol. The van der Waals surface area contributed by atoms with Crippen LogP contribution in [0, 0.1) is 5.92 Å². The molecule has 0 aromatic carbocycles. The summed E-state index contributed by atoms with van der Waals surface area (Å²) in [6.07, 6.45) is 4.56. The topological polar surface area (TPSA) is 67.8 Å². The Kier molecular flexibility index (Phi) is 13.9. The molecule has 0 aliphatic heterocycles. The van der Waals surface area contributed by atoms with Gasteiger partial charge in [-0.05, 0) is 19.3 Å². The maximum atomic E-state index is 11.1. The molecule has 0 rings (SSSR count). The third-order valence-corrected chi connectivity index (χ3v) is 3.40. The molecule has 126 valence electrons. The minimum Gasteiger partial charge on any atom is -0.466 e. The van der Waals surface area contributed by atoms with Crippen molar-refractivity contribution in [3.05, 3.63) is 0 Å². The number of carbonyl (C=O) groups excluding carboxylic acids is 1. The van der Waals surface area contributed by atoms with Crippen LogP contribution >= 0.6 is 0 Å². The summed E-state index contributed by atoms with van der Waals surface area (Å²) in [7, 11) is 0. The van der Waals surface area contributed by atoms with Crippen molar-refractivity contribution in [2.75, 3.05) is 32.9 Å². The van der Waals surface area contributed by atoms with Crippen molar-refractivity contribution in [2.24, 2.45) is 5.92 Å². The second kappa shape index (κ2) is 14.3. The lowest BCUT2D eigenvalue weighted by Crippen LogP contribution is -2.32. The van der Waals surface area contributed by atoms with Gasteiger partial charge in [0, 0.05) is 19.7 Å². The highest BCUT2D eigenvalue weighted by Crippen LogP contribution is 2.12. The predicted molar refractivity (Wildman–Crippen MR) is 84.3 cm³/mol. The minimum absolute atomic E-state index is 0.211. The fourth-order valence-corrected chi connectivity index (χ4v) is 2.02. The molecule has 0 aliphatic rings. The number of hydrogen-bond acceptors (Lipinski definition) is 5. The lowest BCUT2D eigenvalue weighted by Gasteiger charge is -2.17. The summed E-state index contributed by atoms with van der Waals surface area (Å²) >= 11 is 0. The molecule has 0 heterocycles. The molecule has 0 spiro atoms. The van der Waals surface area contributed by atoms with Gasteiger partial charge in [0.25, 0.3) is 0 Å². The SMILES string of the molecule is CCCCC(CC)COCC(O)CNCCC(=O)OCC. The quantitative estimate of drug-likeness (QED) is 0.380. The first-order valence-corrected chi connectivity index (χ1v) is 8.26. The van der Waals surface area contributed by atoms with Crippen LogP contribution in [0.25, 0.3) is 0 Å². The maximum Gasteiger partial charge on any atom is 0.307 e. The Morgan fingerprint density at radius 3 is 2.62 bits per heavy atom. The summed E-state index contributed by atoms with van der Waals surface area (Å²) in [5, 5.41) is 12.8. The van der Waals surface area contributed by atoms with Gasteiger partial charge in [-0.25, -0.2) is 0 Å². The summed E-state index contributed by atoms with van der Waals surface area (Å²) in [6.45, 7) is 8.58. The third kappa shape index (κ3) is 12.8. The van der Waals surface area contributed by atoms with E-state index in [4.69, 9.17) is 9.47 Å². The van der Waals surface area contributed by atoms with Crippen LogP contribution in [0.1, 0.15) is 52.9 Å². The van der Waals surface area contributed by atoms with Gasteiger partial charge in [0.1, 0.15) is 0 Å². The van der Waals surface area contributed by atoms with Crippen LogP contribution in [0.2, 0.25) is 0 Å². The van der Waals surface area contributed by atoms with Crippen molar-refractivity contribution >= 4 is 5.97 Å². The van der Waals surface area contributed by atoms with Crippen LogP contribution in [0.15, 0.2) is 0 Å². The molecule has 2 unspecified atom stereocenters. The van der Waals surface area contributed by atoms with Gasteiger partial charge in [-0.2, -0.15) is 0 Å². The number of aliphatic hydroxyl groups is 1. The molecule has 0 bridgehead atoms. The highest BCUT2D eigenvalue weighted by molar-refractivity contribution is 5.69. The summed E-state index contributed by atoms with van der Waals surface area (Å²) in [4.78, 5) is 11.1. The molecule has 0 radical (unpaired) electrons. The van der Waals surface area contributed by atoms with Crippen LogP contribution in [-0.4, -0.2) is 50.1 Å². The number of ether oxygens (including phenoxy) is 2. The zero-order valence-corrected chi connectivity index (χ0v) is 13.9. The van der Waals surface area contributed by atoms with Crippen molar-refractivity contribution in [3.8, 4) is 0 Å². The Morgan fingerprint density at radius 1 is 1.24 bits per heavy atom. The summed E-state index contributed by atoms with van der Waals surface area (Å²) in [5.74, 6) is 0.381. The van der Waals surface area contributed by atoms with Gasteiger partial charge in [-0.15, -0.1) is 0 Å². The van der Waals surface area contributed by atoms with Crippen molar-refractivity contribution in [1.29, 1.82) is 0 Å². The summed E-state index contributed by atoms with van der Waals surface area (Å²) in [6, 6.07) is 0. The van der Waals surface area contributed by atoms with E-state index in [0.29, 0.717) is 38.6 Å². The average molecular weight is 303 g/mol. The van der Waals surface area contributed by atoms with E-state index in [1.165, 1.54) is 19.3 Å². The van der Waals surface area contributed by atoms with Gasteiger partial charge >= 0.3 is 5.97 Å². The zero-order chi connectivity index (χ0) is 15.9. The first kappa shape index (κ1) is 20.3. The molecular formula is C16H33NO4. The van der Waals surface area contributed by atoms with Crippen LogP contribution in [-0.2, 0) is 14.3 Å². The van der Waals surface area contributed by atoms with E-state index in [1.807, 2.05) is 0 Å². The van der Waals surface area contributed by atoms with E-state index in [9.17, 15) is 9.90 Å². The molecule has 0 saturated heterocycles. The number of aliphatic hydroxyl groups excluding tert-OH is 1. The van der Waals surface area contributed by atoms with Crippen LogP contribution in [0.5, 0.6) is 0 Å². The standard InChI is InChI=1S/C16H33NO4/c1-4-7-8-14(5-2)12-20-13-15(18)11-17-10-9-16(19)21-6-3/h14-15,17-18H,4-13H2,1-3H3. The van der Waals surface area contributed by atoms with Crippen molar-refractivity contribution < 1.29 is 19.4 Å². The van der Waals surface area contributed by atoms with Crippen LogP contribution in [0.4, 0.5) is 0 Å². The molecule has 0 amide bonds. The van der Waals surface area contributed by atoms with Gasteiger partial charge < -0.3 is 19.9 Å². The highest BCUT2D eigenvalue weighted by atomic mass is 16.5. The first-order valence-electron chi connectivity index (χ1n) is 8.26. The van der Waals surface area contributed by atoms with Crippen molar-refractivity contribution in [3.63, 3.8) is 0 Å². The van der Waals surface area contributed by atoms with Gasteiger partial charge in [0.15, 0.2) is 0 Å². The Labute approximate surface area is 129 Å². The maximum absolute atomic E-state index is 11.1. The van der Waals surface area contributed by atoms with Crippen molar-refractivity contribution in [2.45, 2.75) is 59.0 Å². The lowest BCUT2D eigenvalue weighted by atomic mass is 10.0. The molecule has 21 heavy (non-hydrogen) atoms. The van der Waals surface area contributed by atoms with E-state index in [-0.39, 0.29) is 5.97 Å². The lowest BCUT2D eigenvalue weighted by molar-refractivity contribution is -0.143. The smallest absolute Gasteiger partial charge is 0.307 e. The molecule has 2 atom stereocenters. The Balaban J connectivity index is 3.52. The molecule has 0 fully saturated rings. The van der Waals surface area contributed by atoms with E-state index in [0.717, 1.165) is 13.0 Å².